The number of hydrogen-bond acceptors (Lipinski definition) is 9. The normalized spacial score (nSPS) is 13.9. The highest BCUT2D eigenvalue weighted by Crippen LogP contribution is 2.22. The van der Waals surface area contributed by atoms with Crippen LogP contribution >= 0.6 is 0 Å². The molecule has 0 bridgehead atoms. The van der Waals surface area contributed by atoms with E-state index < -0.39 is 23.1 Å². The zero-order valence-corrected chi connectivity index (χ0v) is 18.0. The molecule has 4 rings (SSSR count). The number of carbonyl (C=O) groups excluding carboxylic acids is 2. The zero-order valence-electron chi connectivity index (χ0n) is 18.0. The summed E-state index contributed by atoms with van der Waals surface area (Å²) in [5.41, 5.74) is 0.406. The molecular weight excluding hydrogens is 434 g/mol. The molecule has 12 nitrogen and oxygen atoms in total. The van der Waals surface area contributed by atoms with Crippen molar-refractivity contribution < 1.29 is 23.7 Å². The average Bonchev–Trinajstić information content (AvgIpc) is 3.16. The third kappa shape index (κ3) is 4.27. The van der Waals surface area contributed by atoms with E-state index in [1.807, 2.05) is 4.90 Å². The molecule has 0 aliphatic carbocycles. The van der Waals surface area contributed by atoms with Gasteiger partial charge in [0.15, 0.2) is 6.61 Å². The molecule has 0 spiro atoms. The molecule has 1 saturated heterocycles. The van der Waals surface area contributed by atoms with Crippen LogP contribution in [0.25, 0.3) is 11.1 Å². The number of benzene rings is 1. The van der Waals surface area contributed by atoms with Crippen LogP contribution in [0, 0.1) is 17.0 Å². The molecule has 0 saturated carbocycles. The number of carbonyl (C=O) groups is 2. The number of anilines is 1. The summed E-state index contributed by atoms with van der Waals surface area (Å²) in [6, 6.07) is 6.23. The van der Waals surface area contributed by atoms with Crippen molar-refractivity contribution in [2.45, 2.75) is 6.92 Å². The van der Waals surface area contributed by atoms with Crippen molar-refractivity contribution in [2.75, 3.05) is 37.7 Å². The summed E-state index contributed by atoms with van der Waals surface area (Å²) in [7, 11) is 1.51. The molecule has 12 heteroatoms. The number of hydrogen-bond donors (Lipinski definition) is 0. The molecular formula is C21H21N5O7. The maximum atomic E-state index is 12.6. The summed E-state index contributed by atoms with van der Waals surface area (Å²) in [6.45, 7) is 2.94. The lowest BCUT2D eigenvalue weighted by molar-refractivity contribution is -0.384. The Kier molecular flexibility index (Phi) is 5.82. The van der Waals surface area contributed by atoms with Crippen molar-refractivity contribution in [3.63, 3.8) is 0 Å². The Morgan fingerprint density at radius 2 is 1.85 bits per heavy atom. The fourth-order valence-electron chi connectivity index (χ4n) is 3.72. The molecule has 3 heterocycles. The first-order valence-corrected chi connectivity index (χ1v) is 10.2. The highest BCUT2D eigenvalue weighted by atomic mass is 16.6. The molecule has 3 aromatic rings. The molecule has 33 heavy (non-hydrogen) atoms. The van der Waals surface area contributed by atoms with E-state index in [2.05, 4.69) is 4.98 Å². The summed E-state index contributed by atoms with van der Waals surface area (Å²) in [4.78, 5) is 55.5. The molecule has 1 aromatic carbocycles. The Balaban J connectivity index is 1.36. The van der Waals surface area contributed by atoms with E-state index in [-0.39, 0.29) is 34.0 Å². The fourth-order valence-corrected chi connectivity index (χ4v) is 3.72. The van der Waals surface area contributed by atoms with Gasteiger partial charge >= 0.3 is 5.97 Å². The Hall–Kier alpha value is -4.22. The third-order valence-corrected chi connectivity index (χ3v) is 5.54. The van der Waals surface area contributed by atoms with Crippen LogP contribution in [0.15, 0.2) is 39.8 Å². The number of furan rings is 1. The third-order valence-electron chi connectivity index (χ3n) is 5.54. The second-order valence-corrected chi connectivity index (χ2v) is 7.59. The van der Waals surface area contributed by atoms with Gasteiger partial charge in [-0.15, -0.1) is 0 Å². The van der Waals surface area contributed by atoms with Crippen LogP contribution in [0.4, 0.5) is 11.4 Å². The molecule has 0 radical (unpaired) electrons. The highest BCUT2D eigenvalue weighted by Gasteiger charge is 2.26. The molecule has 0 atom stereocenters. The minimum absolute atomic E-state index is 0.0173. The first-order valence-electron chi connectivity index (χ1n) is 10.2. The summed E-state index contributed by atoms with van der Waals surface area (Å²) in [6.07, 6.45) is 1.29. The van der Waals surface area contributed by atoms with Crippen LogP contribution in [-0.2, 0) is 16.6 Å². The first kappa shape index (κ1) is 22.0. The van der Waals surface area contributed by atoms with Crippen LogP contribution in [0.3, 0.4) is 0 Å². The molecule has 1 amide bonds. The maximum Gasteiger partial charge on any atom is 0.343 e. The second-order valence-electron chi connectivity index (χ2n) is 7.59. The quantitative estimate of drug-likeness (QED) is 0.316. The van der Waals surface area contributed by atoms with Crippen molar-refractivity contribution in [1.29, 1.82) is 0 Å². The topological polar surface area (TPSA) is 141 Å². The number of non-ortho nitro benzene ring substituents is 1. The lowest BCUT2D eigenvalue weighted by atomic mass is 10.2. The lowest BCUT2D eigenvalue weighted by Gasteiger charge is -2.36. The van der Waals surface area contributed by atoms with Gasteiger partial charge in [0.2, 0.25) is 5.71 Å². The van der Waals surface area contributed by atoms with Gasteiger partial charge in [0, 0.05) is 51.0 Å². The van der Waals surface area contributed by atoms with Gasteiger partial charge in [0.05, 0.1) is 4.92 Å². The molecule has 1 aliphatic rings. The van der Waals surface area contributed by atoms with Crippen molar-refractivity contribution in [1.82, 2.24) is 14.5 Å². The van der Waals surface area contributed by atoms with Crippen molar-refractivity contribution in [3.05, 3.63) is 62.4 Å². The number of esters is 1. The van der Waals surface area contributed by atoms with Gasteiger partial charge in [-0.05, 0) is 19.1 Å². The van der Waals surface area contributed by atoms with Crippen LogP contribution in [0.5, 0.6) is 0 Å². The largest absolute Gasteiger partial charge is 0.452 e. The first-order chi connectivity index (χ1) is 15.8. The number of fused-ring (bicyclic) bond motifs is 1. The maximum absolute atomic E-state index is 12.6. The molecule has 172 valence electrons. The number of rotatable bonds is 5. The van der Waals surface area contributed by atoms with Crippen LogP contribution in [0.1, 0.15) is 16.1 Å². The molecule has 1 fully saturated rings. The Morgan fingerprint density at radius 3 is 2.48 bits per heavy atom. The van der Waals surface area contributed by atoms with E-state index in [9.17, 15) is 24.5 Å². The van der Waals surface area contributed by atoms with Gasteiger partial charge in [-0.3, -0.25) is 19.7 Å². The Labute approximate surface area is 187 Å². The Bertz CT molecular complexity index is 1290. The number of aryl methyl sites for hydroxylation is 2. The van der Waals surface area contributed by atoms with Gasteiger partial charge in [-0.25, -0.2) is 9.78 Å². The average molecular weight is 455 g/mol. The van der Waals surface area contributed by atoms with Crippen LogP contribution in [0.2, 0.25) is 0 Å². The van der Waals surface area contributed by atoms with Gasteiger partial charge in [-0.1, -0.05) is 0 Å². The number of nitro benzene ring substituents is 1. The van der Waals surface area contributed by atoms with Crippen molar-refractivity contribution >= 4 is 34.4 Å². The van der Waals surface area contributed by atoms with E-state index in [1.165, 1.54) is 37.0 Å². The Morgan fingerprint density at radius 1 is 1.18 bits per heavy atom. The van der Waals surface area contributed by atoms with E-state index >= 15 is 0 Å². The summed E-state index contributed by atoms with van der Waals surface area (Å²) in [5.74, 6) is -0.993. The van der Waals surface area contributed by atoms with E-state index in [1.54, 1.807) is 17.0 Å². The van der Waals surface area contributed by atoms with Gasteiger partial charge < -0.3 is 23.5 Å². The smallest absolute Gasteiger partial charge is 0.343 e. The number of piperazine rings is 1. The predicted molar refractivity (Wildman–Crippen MR) is 116 cm³/mol. The monoisotopic (exact) mass is 455 g/mol. The number of ether oxygens (including phenoxy) is 1. The molecule has 2 aromatic heterocycles. The fraction of sp³-hybridized carbons (Fsp3) is 0.333. The van der Waals surface area contributed by atoms with E-state index in [0.717, 1.165) is 5.69 Å². The van der Waals surface area contributed by atoms with E-state index in [0.29, 0.717) is 26.2 Å². The minimum Gasteiger partial charge on any atom is -0.452 e. The predicted octanol–water partition coefficient (Wildman–Crippen LogP) is 1.25. The molecule has 1 aliphatic heterocycles. The number of nitro groups is 1. The second kappa shape index (κ2) is 8.73. The minimum atomic E-state index is -0.825. The molecule has 0 unspecified atom stereocenters. The van der Waals surface area contributed by atoms with Gasteiger partial charge in [0.25, 0.3) is 17.2 Å². The summed E-state index contributed by atoms with van der Waals surface area (Å²) < 4.78 is 11.8. The van der Waals surface area contributed by atoms with Crippen LogP contribution < -0.4 is 10.5 Å². The van der Waals surface area contributed by atoms with Crippen molar-refractivity contribution in [2.24, 2.45) is 7.05 Å². The number of aromatic nitrogens is 2. The number of nitrogens with zero attached hydrogens (tertiary/aromatic N) is 5. The molecule has 0 N–H and O–H groups in total. The highest BCUT2D eigenvalue weighted by molar-refractivity contribution is 6.03. The number of amides is 1. The van der Waals surface area contributed by atoms with E-state index in [4.69, 9.17) is 9.15 Å². The zero-order chi connectivity index (χ0) is 23.7. The van der Waals surface area contributed by atoms with Crippen molar-refractivity contribution in [3.8, 4) is 0 Å². The SMILES string of the molecule is Cc1oc2ncn(C)c(=O)c2c1C(=O)OCC(=O)N1CCN(c2ccc([N+](=O)[O-])cc2)CC1. The standard InChI is InChI=1S/C21H21N5O7/c1-13-17(18-19(33-13)22-12-23(2)20(18)28)21(29)32-11-16(27)25-9-7-24(8-10-25)14-3-5-15(6-4-14)26(30)31/h3-6,12H,7-11H2,1-2H3. The summed E-state index contributed by atoms with van der Waals surface area (Å²) >= 11 is 0. The lowest BCUT2D eigenvalue weighted by Crippen LogP contribution is -2.49. The van der Waals surface area contributed by atoms with Crippen LogP contribution in [-0.4, -0.2) is 64.0 Å². The summed E-state index contributed by atoms with van der Waals surface area (Å²) in [5, 5.41) is 10.8. The van der Waals surface area contributed by atoms with Gasteiger partial charge in [-0.2, -0.15) is 0 Å². The van der Waals surface area contributed by atoms with Gasteiger partial charge in [0.1, 0.15) is 23.0 Å².